The van der Waals surface area contributed by atoms with Crippen molar-refractivity contribution in [1.29, 1.82) is 0 Å². The number of carbonyl (C=O) groups excluding carboxylic acids is 1. The Kier molecular flexibility index (Phi) is 4.55. The average Bonchev–Trinajstić information content (AvgIpc) is 3.38. The van der Waals surface area contributed by atoms with Crippen LogP contribution in [0.2, 0.25) is 0 Å². The second-order valence-electron chi connectivity index (χ2n) is 7.01. The molecule has 1 N–H and O–H groups in total. The highest BCUT2D eigenvalue weighted by Crippen LogP contribution is 2.32. The molecule has 0 unspecified atom stereocenters. The van der Waals surface area contributed by atoms with Crippen molar-refractivity contribution in [3.8, 4) is 0 Å². The number of carbonyl (C=O) groups is 1. The van der Waals surface area contributed by atoms with Gasteiger partial charge >= 0.3 is 0 Å². The van der Waals surface area contributed by atoms with Gasteiger partial charge in [0.05, 0.1) is 11.7 Å². The first-order valence-corrected chi connectivity index (χ1v) is 9.45. The summed E-state index contributed by atoms with van der Waals surface area (Å²) in [5, 5.41) is 3.15. The summed E-state index contributed by atoms with van der Waals surface area (Å²) < 4.78 is 3.45. The number of hydrogen-bond acceptors (Lipinski definition) is 4. The topological polar surface area (TPSA) is 88.3 Å². The molecule has 4 rings (SSSR count). The Bertz CT molecular complexity index is 1030. The van der Waals surface area contributed by atoms with Gasteiger partial charge < -0.3 is 9.47 Å². The van der Waals surface area contributed by atoms with Gasteiger partial charge in [-0.15, -0.1) is 0 Å². The number of aryl methyl sites for hydroxylation is 3. The Hall–Kier alpha value is -2.90. The maximum absolute atomic E-state index is 12.8. The maximum atomic E-state index is 12.8. The molecule has 1 aliphatic rings. The first-order valence-electron chi connectivity index (χ1n) is 9.45. The first-order chi connectivity index (χ1) is 13.1. The highest BCUT2D eigenvalue weighted by Gasteiger charge is 2.31. The summed E-state index contributed by atoms with van der Waals surface area (Å²) in [7, 11) is 0. The molecule has 0 bridgehead atoms. The fourth-order valence-electron chi connectivity index (χ4n) is 3.80. The zero-order valence-electron chi connectivity index (χ0n) is 15.7. The minimum atomic E-state index is -0.116. The van der Waals surface area contributed by atoms with Gasteiger partial charge in [-0.05, 0) is 26.2 Å². The molecule has 0 aliphatic carbocycles. The zero-order chi connectivity index (χ0) is 19.0. The standard InChI is InChI=1S/C19H24N6O2/c1-3-14-11-19(27)25-17(21-14)12-15(22-25)16-5-4-8-24(16)18(26)6-9-23-10-7-20-13(23)2/h7,10-12,16,22H,3-6,8-9H2,1-2H3/t16-/m1/s1. The number of likely N-dealkylation sites (tertiary alicyclic amines) is 1. The fourth-order valence-corrected chi connectivity index (χ4v) is 3.80. The number of rotatable bonds is 5. The Morgan fingerprint density at radius 2 is 2.22 bits per heavy atom. The molecular weight excluding hydrogens is 344 g/mol. The molecule has 0 radical (unpaired) electrons. The van der Waals surface area contributed by atoms with Crippen molar-refractivity contribution in [3.05, 3.63) is 52.1 Å². The Balaban J connectivity index is 1.55. The van der Waals surface area contributed by atoms with Gasteiger partial charge in [0.15, 0.2) is 5.65 Å². The van der Waals surface area contributed by atoms with Crippen LogP contribution in [0, 0.1) is 6.92 Å². The monoisotopic (exact) mass is 368 g/mol. The molecule has 142 valence electrons. The van der Waals surface area contributed by atoms with Crippen molar-refractivity contribution in [2.24, 2.45) is 0 Å². The number of aromatic amines is 1. The van der Waals surface area contributed by atoms with Crippen LogP contribution in [-0.4, -0.2) is 41.5 Å². The second-order valence-corrected chi connectivity index (χ2v) is 7.01. The molecule has 8 nitrogen and oxygen atoms in total. The van der Waals surface area contributed by atoms with E-state index in [1.54, 1.807) is 12.3 Å². The summed E-state index contributed by atoms with van der Waals surface area (Å²) in [6, 6.07) is 3.42. The van der Waals surface area contributed by atoms with E-state index in [1.807, 2.05) is 35.6 Å². The SMILES string of the molecule is CCc1cc(=O)n2[nH]c([C@H]3CCCN3C(=O)CCn3ccnc3C)cc2n1. The molecule has 8 heteroatoms. The average molecular weight is 368 g/mol. The number of hydrogen-bond donors (Lipinski definition) is 1. The normalized spacial score (nSPS) is 17.1. The van der Waals surface area contributed by atoms with Crippen molar-refractivity contribution in [2.75, 3.05) is 6.54 Å². The summed E-state index contributed by atoms with van der Waals surface area (Å²) in [5.74, 6) is 1.03. The lowest BCUT2D eigenvalue weighted by Gasteiger charge is -2.24. The number of fused-ring (bicyclic) bond motifs is 1. The predicted molar refractivity (Wildman–Crippen MR) is 100 cm³/mol. The maximum Gasteiger partial charge on any atom is 0.272 e. The van der Waals surface area contributed by atoms with Crippen LogP contribution in [0.1, 0.15) is 49.4 Å². The minimum absolute atomic E-state index is 0.0347. The summed E-state index contributed by atoms with van der Waals surface area (Å²) in [4.78, 5) is 35.7. The van der Waals surface area contributed by atoms with E-state index in [9.17, 15) is 9.59 Å². The van der Waals surface area contributed by atoms with E-state index in [4.69, 9.17) is 0 Å². The fraction of sp³-hybridized carbons (Fsp3) is 0.474. The van der Waals surface area contributed by atoms with Crippen LogP contribution in [0.15, 0.2) is 29.3 Å². The summed E-state index contributed by atoms with van der Waals surface area (Å²) in [6.45, 7) is 5.28. The van der Waals surface area contributed by atoms with Crippen LogP contribution in [-0.2, 0) is 17.8 Å². The molecule has 0 saturated carbocycles. The van der Waals surface area contributed by atoms with E-state index in [0.717, 1.165) is 36.6 Å². The number of nitrogens with one attached hydrogen (secondary N) is 1. The molecule has 3 aromatic heterocycles. The molecule has 1 aliphatic heterocycles. The van der Waals surface area contributed by atoms with Crippen LogP contribution in [0.5, 0.6) is 0 Å². The summed E-state index contributed by atoms with van der Waals surface area (Å²) >= 11 is 0. The van der Waals surface area contributed by atoms with Crippen molar-refractivity contribution in [2.45, 2.75) is 52.1 Å². The van der Waals surface area contributed by atoms with Crippen LogP contribution < -0.4 is 5.56 Å². The third kappa shape index (κ3) is 3.27. The molecule has 1 amide bonds. The van der Waals surface area contributed by atoms with Gasteiger partial charge in [-0.25, -0.2) is 14.5 Å². The molecule has 0 spiro atoms. The van der Waals surface area contributed by atoms with E-state index in [1.165, 1.54) is 4.52 Å². The van der Waals surface area contributed by atoms with E-state index >= 15 is 0 Å². The lowest BCUT2D eigenvalue weighted by atomic mass is 10.1. The van der Waals surface area contributed by atoms with Gasteiger partial charge in [0.2, 0.25) is 5.91 Å². The smallest absolute Gasteiger partial charge is 0.272 e. The van der Waals surface area contributed by atoms with Gasteiger partial charge in [0, 0.05) is 49.7 Å². The second kappa shape index (κ2) is 7.02. The lowest BCUT2D eigenvalue weighted by Crippen LogP contribution is -2.31. The van der Waals surface area contributed by atoms with Gasteiger partial charge in [-0.1, -0.05) is 6.92 Å². The van der Waals surface area contributed by atoms with Crippen LogP contribution in [0.25, 0.3) is 5.65 Å². The zero-order valence-corrected chi connectivity index (χ0v) is 15.7. The van der Waals surface area contributed by atoms with Crippen molar-refractivity contribution < 1.29 is 4.79 Å². The van der Waals surface area contributed by atoms with Gasteiger partial charge in [0.25, 0.3) is 5.56 Å². The minimum Gasteiger partial charge on any atom is -0.335 e. The Morgan fingerprint density at radius 1 is 1.37 bits per heavy atom. The number of imidazole rings is 1. The van der Waals surface area contributed by atoms with Gasteiger partial charge in [-0.2, -0.15) is 0 Å². The molecule has 1 atom stereocenters. The Labute approximate surface area is 156 Å². The molecule has 27 heavy (non-hydrogen) atoms. The van der Waals surface area contributed by atoms with Gasteiger partial charge in [0.1, 0.15) is 5.82 Å². The van der Waals surface area contributed by atoms with Crippen molar-refractivity contribution in [1.82, 2.24) is 29.0 Å². The van der Waals surface area contributed by atoms with Gasteiger partial charge in [-0.3, -0.25) is 14.7 Å². The third-order valence-corrected chi connectivity index (χ3v) is 5.31. The van der Waals surface area contributed by atoms with E-state index in [-0.39, 0.29) is 17.5 Å². The number of nitrogens with zero attached hydrogens (tertiary/aromatic N) is 5. The first kappa shape index (κ1) is 17.5. The lowest BCUT2D eigenvalue weighted by molar-refractivity contribution is -0.132. The highest BCUT2D eigenvalue weighted by atomic mass is 16.2. The largest absolute Gasteiger partial charge is 0.335 e. The van der Waals surface area contributed by atoms with E-state index < -0.39 is 0 Å². The molecule has 3 aromatic rings. The third-order valence-electron chi connectivity index (χ3n) is 5.31. The number of amides is 1. The molecule has 4 heterocycles. The highest BCUT2D eigenvalue weighted by molar-refractivity contribution is 5.77. The molecule has 0 aromatic carbocycles. The van der Waals surface area contributed by atoms with Crippen LogP contribution in [0.3, 0.4) is 0 Å². The quantitative estimate of drug-likeness (QED) is 0.744. The number of H-pyrrole nitrogens is 1. The molecule has 1 fully saturated rings. The molecular formula is C19H24N6O2. The van der Waals surface area contributed by atoms with Crippen LogP contribution in [0.4, 0.5) is 0 Å². The summed E-state index contributed by atoms with van der Waals surface area (Å²) in [5.41, 5.74) is 2.15. The predicted octanol–water partition coefficient (Wildman–Crippen LogP) is 1.84. The van der Waals surface area contributed by atoms with E-state index in [0.29, 0.717) is 25.0 Å². The van der Waals surface area contributed by atoms with Crippen molar-refractivity contribution >= 4 is 11.6 Å². The summed E-state index contributed by atoms with van der Waals surface area (Å²) in [6.07, 6.45) is 6.64. The van der Waals surface area contributed by atoms with Crippen LogP contribution >= 0.6 is 0 Å². The Morgan fingerprint density at radius 3 is 2.96 bits per heavy atom. The number of aromatic nitrogens is 5. The molecule has 1 saturated heterocycles. The van der Waals surface area contributed by atoms with Crippen molar-refractivity contribution in [3.63, 3.8) is 0 Å². The van der Waals surface area contributed by atoms with E-state index in [2.05, 4.69) is 15.1 Å².